The monoisotopic (exact) mass is 282 g/mol. The average Bonchev–Trinajstić information content (AvgIpc) is 3.28. The van der Waals surface area contributed by atoms with Crippen molar-refractivity contribution in [1.82, 2.24) is 0 Å². The number of carbonyl (C=O) groups excluding carboxylic acids is 1. The topological polar surface area (TPSA) is 51.4 Å². The fourth-order valence-electron chi connectivity index (χ4n) is 3.70. The minimum absolute atomic E-state index is 0.0822. The van der Waals surface area contributed by atoms with Gasteiger partial charge in [-0.25, -0.2) is 0 Å². The molecule has 1 aliphatic carbocycles. The molecule has 20 heavy (non-hydrogen) atoms. The molecule has 2 saturated heterocycles. The molecule has 2 aliphatic heterocycles. The lowest BCUT2D eigenvalue weighted by Crippen LogP contribution is -2.26. The van der Waals surface area contributed by atoms with Crippen molar-refractivity contribution in [3.63, 3.8) is 0 Å². The van der Waals surface area contributed by atoms with E-state index in [1.54, 1.807) is 0 Å². The van der Waals surface area contributed by atoms with Gasteiger partial charge in [0.25, 0.3) is 0 Å². The van der Waals surface area contributed by atoms with Crippen LogP contribution in [-0.2, 0) is 19.0 Å². The molecule has 0 spiro atoms. The Morgan fingerprint density at radius 3 is 2.75 bits per heavy atom. The zero-order valence-electron chi connectivity index (χ0n) is 12.8. The van der Waals surface area contributed by atoms with Gasteiger partial charge in [-0.15, -0.1) is 0 Å². The van der Waals surface area contributed by atoms with Gasteiger partial charge >= 0.3 is 5.97 Å². The van der Waals surface area contributed by atoms with Gasteiger partial charge in [-0.05, 0) is 51.9 Å². The summed E-state index contributed by atoms with van der Waals surface area (Å²) in [5.74, 6) is 0.388. The largest absolute Gasteiger partial charge is 0.465 e. The summed E-state index contributed by atoms with van der Waals surface area (Å²) in [5, 5.41) is 0. The predicted octanol–water partition coefficient (Wildman–Crippen LogP) is 2.83. The number of esters is 1. The molecular weight excluding hydrogens is 256 g/mol. The fourth-order valence-corrected chi connectivity index (χ4v) is 3.70. The molecule has 3 rings (SSSR count). The summed E-state index contributed by atoms with van der Waals surface area (Å²) >= 11 is 0. The van der Waals surface area contributed by atoms with Gasteiger partial charge in [-0.3, -0.25) is 4.79 Å². The lowest BCUT2D eigenvalue weighted by atomic mass is 9.83. The Labute approximate surface area is 121 Å². The highest BCUT2D eigenvalue weighted by molar-refractivity contribution is 5.69. The minimum Gasteiger partial charge on any atom is -0.465 e. The highest BCUT2D eigenvalue weighted by Gasteiger charge is 2.55. The Balaban J connectivity index is 1.33. The van der Waals surface area contributed by atoms with Crippen LogP contribution in [0.25, 0.3) is 0 Å². The van der Waals surface area contributed by atoms with Crippen LogP contribution in [0, 0.1) is 5.92 Å². The van der Waals surface area contributed by atoms with Gasteiger partial charge in [0.15, 0.2) is 0 Å². The van der Waals surface area contributed by atoms with Crippen molar-refractivity contribution in [3.8, 4) is 0 Å². The maximum Gasteiger partial charge on any atom is 0.305 e. The van der Waals surface area contributed by atoms with Gasteiger partial charge in [0.1, 0.15) is 0 Å². The molecule has 0 N–H and O–H groups in total. The number of hydrogen-bond donors (Lipinski definition) is 0. The van der Waals surface area contributed by atoms with E-state index in [0.29, 0.717) is 31.2 Å². The standard InChI is InChI=1S/C16H26O4/c1-4-12-15(2,19-12)8-7-14(17)18-10-11-5-6-13-16(3,9-11)20-13/h11-13H,4-10H2,1-3H3. The van der Waals surface area contributed by atoms with Gasteiger partial charge in [-0.1, -0.05) is 6.92 Å². The molecule has 4 nitrogen and oxygen atoms in total. The van der Waals surface area contributed by atoms with Crippen LogP contribution in [0.2, 0.25) is 0 Å². The Morgan fingerprint density at radius 1 is 1.30 bits per heavy atom. The SMILES string of the molecule is CCC1OC1(C)CCC(=O)OCC1CCC2OC2(C)C1. The maximum atomic E-state index is 11.8. The highest BCUT2D eigenvalue weighted by atomic mass is 16.6. The smallest absolute Gasteiger partial charge is 0.305 e. The first kappa shape index (κ1) is 14.3. The molecule has 5 atom stereocenters. The van der Waals surface area contributed by atoms with E-state index in [4.69, 9.17) is 14.2 Å². The third-order valence-electron chi connectivity index (χ3n) is 5.28. The van der Waals surface area contributed by atoms with Gasteiger partial charge in [0, 0.05) is 6.42 Å². The van der Waals surface area contributed by atoms with E-state index in [-0.39, 0.29) is 17.2 Å². The Morgan fingerprint density at radius 2 is 2.10 bits per heavy atom. The van der Waals surface area contributed by atoms with E-state index in [1.807, 2.05) is 0 Å². The molecule has 3 fully saturated rings. The third kappa shape index (κ3) is 2.86. The summed E-state index contributed by atoms with van der Waals surface area (Å²) < 4.78 is 16.7. The molecular formula is C16H26O4. The second-order valence-corrected chi connectivity index (χ2v) is 7.08. The molecule has 114 valence electrons. The zero-order chi connectivity index (χ0) is 14.4. The molecule has 0 bridgehead atoms. The van der Waals surface area contributed by atoms with E-state index in [0.717, 1.165) is 32.1 Å². The summed E-state index contributed by atoms with van der Waals surface area (Å²) in [7, 11) is 0. The first-order valence-electron chi connectivity index (χ1n) is 7.96. The normalized spacial score (nSPS) is 45.6. The van der Waals surface area contributed by atoms with Crippen LogP contribution >= 0.6 is 0 Å². The molecule has 0 amide bonds. The van der Waals surface area contributed by atoms with Crippen molar-refractivity contribution in [3.05, 3.63) is 0 Å². The van der Waals surface area contributed by atoms with E-state index in [1.165, 1.54) is 0 Å². The molecule has 4 heteroatoms. The van der Waals surface area contributed by atoms with Crippen molar-refractivity contribution < 1.29 is 19.0 Å². The lowest BCUT2D eigenvalue weighted by Gasteiger charge is -2.22. The number of fused-ring (bicyclic) bond motifs is 1. The molecule has 3 aliphatic rings. The minimum atomic E-state index is -0.0828. The highest BCUT2D eigenvalue weighted by Crippen LogP contribution is 2.49. The molecule has 0 radical (unpaired) electrons. The van der Waals surface area contributed by atoms with Gasteiger partial charge in [-0.2, -0.15) is 0 Å². The Hall–Kier alpha value is -0.610. The van der Waals surface area contributed by atoms with E-state index >= 15 is 0 Å². The average molecular weight is 282 g/mol. The van der Waals surface area contributed by atoms with Crippen molar-refractivity contribution in [2.45, 2.75) is 82.7 Å². The summed E-state index contributed by atoms with van der Waals surface area (Å²) in [5.41, 5.74) is 0.000160. The fraction of sp³-hybridized carbons (Fsp3) is 0.938. The van der Waals surface area contributed by atoms with Crippen molar-refractivity contribution in [1.29, 1.82) is 0 Å². The van der Waals surface area contributed by atoms with Crippen molar-refractivity contribution in [2.75, 3.05) is 6.61 Å². The van der Waals surface area contributed by atoms with Crippen molar-refractivity contribution >= 4 is 5.97 Å². The van der Waals surface area contributed by atoms with E-state index < -0.39 is 0 Å². The first-order chi connectivity index (χ1) is 9.45. The zero-order valence-corrected chi connectivity index (χ0v) is 12.8. The van der Waals surface area contributed by atoms with Crippen LogP contribution in [0.5, 0.6) is 0 Å². The van der Waals surface area contributed by atoms with Crippen LogP contribution in [0.4, 0.5) is 0 Å². The predicted molar refractivity (Wildman–Crippen MR) is 74.4 cm³/mol. The van der Waals surface area contributed by atoms with Gasteiger partial charge in [0.2, 0.25) is 0 Å². The van der Waals surface area contributed by atoms with E-state index in [9.17, 15) is 4.79 Å². The number of carbonyl (C=O) groups is 1. The number of rotatable bonds is 6. The van der Waals surface area contributed by atoms with Crippen LogP contribution in [0.15, 0.2) is 0 Å². The Kier molecular flexibility index (Phi) is 3.57. The van der Waals surface area contributed by atoms with Crippen LogP contribution in [0.3, 0.4) is 0 Å². The second kappa shape index (κ2) is 4.99. The number of ether oxygens (including phenoxy) is 3. The first-order valence-corrected chi connectivity index (χ1v) is 7.96. The van der Waals surface area contributed by atoms with Crippen molar-refractivity contribution in [2.24, 2.45) is 5.92 Å². The number of hydrogen-bond acceptors (Lipinski definition) is 4. The van der Waals surface area contributed by atoms with E-state index in [2.05, 4.69) is 20.8 Å². The molecule has 2 heterocycles. The van der Waals surface area contributed by atoms with Crippen LogP contribution < -0.4 is 0 Å². The second-order valence-electron chi connectivity index (χ2n) is 7.08. The lowest BCUT2D eigenvalue weighted by molar-refractivity contribution is -0.145. The molecule has 0 aromatic rings. The van der Waals surface area contributed by atoms with Crippen LogP contribution in [0.1, 0.15) is 59.3 Å². The third-order valence-corrected chi connectivity index (χ3v) is 5.28. The maximum absolute atomic E-state index is 11.8. The summed E-state index contributed by atoms with van der Waals surface area (Å²) in [6, 6.07) is 0. The molecule has 0 aromatic heterocycles. The van der Waals surface area contributed by atoms with Gasteiger partial charge < -0.3 is 14.2 Å². The molecule has 0 aromatic carbocycles. The molecule has 5 unspecified atom stereocenters. The number of epoxide rings is 2. The van der Waals surface area contributed by atoms with Crippen LogP contribution in [-0.4, -0.2) is 36.0 Å². The Bertz CT molecular complexity index is 396. The summed E-state index contributed by atoms with van der Waals surface area (Å²) in [4.78, 5) is 11.8. The van der Waals surface area contributed by atoms with Gasteiger partial charge in [0.05, 0.1) is 30.0 Å². The molecule has 1 saturated carbocycles. The summed E-state index contributed by atoms with van der Waals surface area (Å²) in [6.45, 7) is 6.92. The summed E-state index contributed by atoms with van der Waals surface area (Å²) in [6.07, 6.45) is 6.32. The quantitative estimate of drug-likeness (QED) is 0.555.